The Hall–Kier alpha value is -2.54. The number of likely N-dealkylation sites (tertiary alicyclic amines) is 1. The summed E-state index contributed by atoms with van der Waals surface area (Å²) in [5.41, 5.74) is 1.45. The Morgan fingerprint density at radius 1 is 1.38 bits per heavy atom. The van der Waals surface area contributed by atoms with Crippen LogP contribution in [0.1, 0.15) is 46.9 Å². The van der Waals surface area contributed by atoms with Crippen molar-refractivity contribution >= 4 is 28.3 Å². The molecule has 1 aliphatic rings. The number of hydrogen-bond acceptors (Lipinski definition) is 5. The van der Waals surface area contributed by atoms with Crippen molar-refractivity contribution in [3.8, 4) is 0 Å². The number of fused-ring (bicyclic) bond motifs is 1. The van der Waals surface area contributed by atoms with E-state index in [0.717, 1.165) is 23.5 Å². The molecule has 4 rings (SSSR count). The van der Waals surface area contributed by atoms with Gasteiger partial charge in [0.05, 0.1) is 11.4 Å². The summed E-state index contributed by atoms with van der Waals surface area (Å²) in [6.07, 6.45) is 5.23. The molecule has 0 saturated carbocycles. The second-order valence-electron chi connectivity index (χ2n) is 6.51. The fraction of sp³-hybridized carbons (Fsp3) is 0.368. The van der Waals surface area contributed by atoms with Gasteiger partial charge in [0.2, 0.25) is 5.43 Å². The maximum Gasteiger partial charge on any atom is 0.259 e. The predicted molar refractivity (Wildman–Crippen MR) is 102 cm³/mol. The number of hydrogen-bond donors (Lipinski definition) is 0. The quantitative estimate of drug-likeness (QED) is 0.712. The first-order valence-corrected chi connectivity index (χ1v) is 9.69. The van der Waals surface area contributed by atoms with Crippen LogP contribution in [-0.4, -0.2) is 31.9 Å². The predicted octanol–water partition coefficient (Wildman–Crippen LogP) is 3.16. The van der Waals surface area contributed by atoms with Crippen molar-refractivity contribution < 1.29 is 4.79 Å². The molecular formula is C19H20N4O2S. The van der Waals surface area contributed by atoms with Gasteiger partial charge in [-0.2, -0.15) is 0 Å². The van der Waals surface area contributed by atoms with E-state index in [1.807, 2.05) is 29.9 Å². The lowest BCUT2D eigenvalue weighted by Gasteiger charge is -2.23. The van der Waals surface area contributed by atoms with E-state index in [1.54, 1.807) is 34.7 Å². The zero-order valence-electron chi connectivity index (χ0n) is 14.8. The Morgan fingerprint density at radius 2 is 2.23 bits per heavy atom. The van der Waals surface area contributed by atoms with E-state index in [1.165, 1.54) is 0 Å². The number of thiazole rings is 1. The molecule has 0 N–H and O–H groups in total. The highest BCUT2D eigenvalue weighted by molar-refractivity contribution is 7.09. The molecule has 0 spiro atoms. The Bertz CT molecular complexity index is 1030. The van der Waals surface area contributed by atoms with E-state index in [4.69, 9.17) is 0 Å². The first-order chi connectivity index (χ1) is 12.6. The SMILES string of the molecule is CCn1cc(C(=O)N2CCC[C@@H]2c2nccs2)c(=O)c2ccc(C)nc21. The van der Waals surface area contributed by atoms with Gasteiger partial charge in [0.1, 0.15) is 16.2 Å². The lowest BCUT2D eigenvalue weighted by atomic mass is 10.1. The van der Waals surface area contributed by atoms with Crippen LogP contribution in [0, 0.1) is 6.92 Å². The van der Waals surface area contributed by atoms with E-state index in [9.17, 15) is 9.59 Å². The topological polar surface area (TPSA) is 68.1 Å². The monoisotopic (exact) mass is 368 g/mol. The smallest absolute Gasteiger partial charge is 0.259 e. The van der Waals surface area contributed by atoms with E-state index in [-0.39, 0.29) is 22.9 Å². The van der Waals surface area contributed by atoms with Gasteiger partial charge in [-0.3, -0.25) is 9.59 Å². The van der Waals surface area contributed by atoms with Gasteiger partial charge in [0.25, 0.3) is 5.91 Å². The third kappa shape index (κ3) is 2.72. The standard InChI is InChI=1S/C19H20N4O2S/c1-3-22-11-14(16(24)13-7-6-12(2)21-17(13)22)19(25)23-9-4-5-15(23)18-20-8-10-26-18/h6-8,10-11,15H,3-5,9H2,1-2H3/t15-/m1/s1. The summed E-state index contributed by atoms with van der Waals surface area (Å²) in [7, 11) is 0. The lowest BCUT2D eigenvalue weighted by Crippen LogP contribution is -2.34. The minimum Gasteiger partial charge on any atom is -0.332 e. The summed E-state index contributed by atoms with van der Waals surface area (Å²) in [6.45, 7) is 5.17. The molecule has 4 heterocycles. The maximum atomic E-state index is 13.2. The summed E-state index contributed by atoms with van der Waals surface area (Å²) in [6, 6.07) is 3.54. The van der Waals surface area contributed by atoms with Gasteiger partial charge in [-0.05, 0) is 38.8 Å². The van der Waals surface area contributed by atoms with Crippen LogP contribution < -0.4 is 5.43 Å². The number of carbonyl (C=O) groups is 1. The number of pyridine rings is 2. The minimum absolute atomic E-state index is 0.0381. The molecule has 3 aromatic rings. The number of carbonyl (C=O) groups excluding carboxylic acids is 1. The van der Waals surface area contributed by atoms with Gasteiger partial charge < -0.3 is 9.47 Å². The van der Waals surface area contributed by atoms with Gasteiger partial charge in [0.15, 0.2) is 0 Å². The lowest BCUT2D eigenvalue weighted by molar-refractivity contribution is 0.0733. The molecule has 26 heavy (non-hydrogen) atoms. The first kappa shape index (κ1) is 16.9. The van der Waals surface area contributed by atoms with E-state index in [0.29, 0.717) is 24.1 Å². The van der Waals surface area contributed by atoms with Crippen molar-refractivity contribution in [3.63, 3.8) is 0 Å². The Kier molecular flexibility index (Phi) is 4.32. The zero-order valence-corrected chi connectivity index (χ0v) is 15.6. The zero-order chi connectivity index (χ0) is 18.3. The number of aryl methyl sites for hydroxylation is 2. The van der Waals surface area contributed by atoms with E-state index >= 15 is 0 Å². The van der Waals surface area contributed by atoms with Gasteiger partial charge >= 0.3 is 0 Å². The van der Waals surface area contributed by atoms with Crippen molar-refractivity contribution in [2.75, 3.05) is 6.54 Å². The van der Waals surface area contributed by atoms with Crippen molar-refractivity contribution in [1.82, 2.24) is 19.4 Å². The van der Waals surface area contributed by atoms with Gasteiger partial charge in [0, 0.05) is 36.6 Å². The van der Waals surface area contributed by atoms with Crippen molar-refractivity contribution in [2.45, 2.75) is 39.3 Å². The van der Waals surface area contributed by atoms with Gasteiger partial charge in [-0.1, -0.05) is 0 Å². The summed E-state index contributed by atoms with van der Waals surface area (Å²) in [5.74, 6) is -0.211. The summed E-state index contributed by atoms with van der Waals surface area (Å²) < 4.78 is 1.88. The third-order valence-corrected chi connectivity index (χ3v) is 5.76. The highest BCUT2D eigenvalue weighted by atomic mass is 32.1. The molecule has 0 bridgehead atoms. The summed E-state index contributed by atoms with van der Waals surface area (Å²) in [5, 5.41) is 3.35. The molecule has 3 aromatic heterocycles. The molecule has 1 fully saturated rings. The van der Waals surface area contributed by atoms with Crippen LogP contribution >= 0.6 is 11.3 Å². The van der Waals surface area contributed by atoms with Crippen LogP contribution in [0.5, 0.6) is 0 Å². The van der Waals surface area contributed by atoms with Crippen LogP contribution in [0.3, 0.4) is 0 Å². The molecule has 6 nitrogen and oxygen atoms in total. The molecule has 1 atom stereocenters. The fourth-order valence-electron chi connectivity index (χ4n) is 3.57. The fourth-order valence-corrected chi connectivity index (χ4v) is 4.36. The molecule has 0 radical (unpaired) electrons. The third-order valence-electron chi connectivity index (χ3n) is 4.88. The van der Waals surface area contributed by atoms with E-state index < -0.39 is 0 Å². The summed E-state index contributed by atoms with van der Waals surface area (Å²) in [4.78, 5) is 36.9. The molecule has 1 amide bonds. The van der Waals surface area contributed by atoms with Crippen LogP contribution in [0.25, 0.3) is 11.0 Å². The number of aromatic nitrogens is 3. The average Bonchev–Trinajstić information content (AvgIpc) is 3.32. The highest BCUT2D eigenvalue weighted by Gasteiger charge is 2.33. The summed E-state index contributed by atoms with van der Waals surface area (Å²) >= 11 is 1.55. The van der Waals surface area contributed by atoms with Crippen LogP contribution in [0.2, 0.25) is 0 Å². The largest absolute Gasteiger partial charge is 0.332 e. The van der Waals surface area contributed by atoms with Gasteiger partial charge in [-0.15, -0.1) is 11.3 Å². The average molecular weight is 368 g/mol. The van der Waals surface area contributed by atoms with Crippen LogP contribution in [0.15, 0.2) is 34.7 Å². The van der Waals surface area contributed by atoms with Crippen molar-refractivity contribution in [3.05, 3.63) is 56.4 Å². The second-order valence-corrected chi connectivity index (χ2v) is 7.43. The Labute approximate surface area is 155 Å². The van der Waals surface area contributed by atoms with Gasteiger partial charge in [-0.25, -0.2) is 9.97 Å². The van der Waals surface area contributed by atoms with Crippen molar-refractivity contribution in [2.24, 2.45) is 0 Å². The molecule has 1 saturated heterocycles. The number of rotatable bonds is 3. The van der Waals surface area contributed by atoms with E-state index in [2.05, 4.69) is 9.97 Å². The Balaban J connectivity index is 1.81. The maximum absolute atomic E-state index is 13.2. The molecule has 0 aromatic carbocycles. The normalized spacial score (nSPS) is 17.2. The van der Waals surface area contributed by atoms with Crippen LogP contribution in [-0.2, 0) is 6.54 Å². The first-order valence-electron chi connectivity index (χ1n) is 8.81. The van der Waals surface area contributed by atoms with Crippen molar-refractivity contribution in [1.29, 1.82) is 0 Å². The number of amides is 1. The molecular weight excluding hydrogens is 348 g/mol. The van der Waals surface area contributed by atoms with Crippen LogP contribution in [0.4, 0.5) is 0 Å². The molecule has 134 valence electrons. The molecule has 0 aliphatic carbocycles. The molecule has 1 aliphatic heterocycles. The highest BCUT2D eigenvalue weighted by Crippen LogP contribution is 2.33. The minimum atomic E-state index is -0.244. The number of nitrogens with zero attached hydrogens (tertiary/aromatic N) is 4. The molecule has 7 heteroatoms. The Morgan fingerprint density at radius 3 is 2.96 bits per heavy atom. The molecule has 0 unspecified atom stereocenters. The second kappa shape index (κ2) is 6.64.